The highest BCUT2D eigenvalue weighted by atomic mass is 79.9. The molecule has 120 valence electrons. The van der Waals surface area contributed by atoms with Gasteiger partial charge in [0.1, 0.15) is 11.9 Å². The molecule has 0 aliphatic rings. The minimum atomic E-state index is -0.883. The molecule has 2 unspecified atom stereocenters. The third-order valence-electron chi connectivity index (χ3n) is 3.57. The third-order valence-corrected chi connectivity index (χ3v) is 4.06. The first-order valence-electron chi connectivity index (χ1n) is 7.57. The summed E-state index contributed by atoms with van der Waals surface area (Å²) in [5.41, 5.74) is 0.764. The van der Waals surface area contributed by atoms with Crippen molar-refractivity contribution in [3.05, 3.63) is 71.0 Å². The molecule has 4 heteroatoms. The fraction of sp³-hybridized carbons (Fsp3) is 0.150. The minimum absolute atomic E-state index is 0.443. The van der Waals surface area contributed by atoms with Crippen LogP contribution in [0.15, 0.2) is 65.4 Å². The van der Waals surface area contributed by atoms with Crippen LogP contribution in [-0.2, 0) is 0 Å². The molecular weight excluding hydrogens is 366 g/mol. The van der Waals surface area contributed by atoms with Gasteiger partial charge in [-0.15, -0.1) is 0 Å². The van der Waals surface area contributed by atoms with Crippen LogP contribution in [0, 0.1) is 11.8 Å². The summed E-state index contributed by atoms with van der Waals surface area (Å²) in [6.45, 7) is 1.80. The summed E-state index contributed by atoms with van der Waals surface area (Å²) in [5.74, 6) is 6.41. The molecule has 3 aromatic rings. The lowest BCUT2D eigenvalue weighted by Crippen LogP contribution is -2.27. The first-order valence-corrected chi connectivity index (χ1v) is 8.37. The van der Waals surface area contributed by atoms with Gasteiger partial charge in [0.2, 0.25) is 0 Å². The van der Waals surface area contributed by atoms with Crippen molar-refractivity contribution in [2.24, 2.45) is 0 Å². The van der Waals surface area contributed by atoms with Gasteiger partial charge in [0, 0.05) is 22.4 Å². The number of aromatic nitrogens is 1. The van der Waals surface area contributed by atoms with Gasteiger partial charge in [0.15, 0.2) is 6.10 Å². The van der Waals surface area contributed by atoms with Crippen molar-refractivity contribution in [3.8, 4) is 17.6 Å². The molecule has 24 heavy (non-hydrogen) atoms. The number of aliphatic hydroxyl groups excluding tert-OH is 1. The van der Waals surface area contributed by atoms with Crippen LogP contribution in [0.25, 0.3) is 10.8 Å². The van der Waals surface area contributed by atoms with E-state index in [1.54, 1.807) is 19.3 Å². The van der Waals surface area contributed by atoms with E-state index in [4.69, 9.17) is 4.74 Å². The van der Waals surface area contributed by atoms with Crippen LogP contribution >= 0.6 is 15.9 Å². The van der Waals surface area contributed by atoms with Gasteiger partial charge in [-0.1, -0.05) is 39.9 Å². The van der Waals surface area contributed by atoms with Crippen LogP contribution in [0.5, 0.6) is 5.75 Å². The highest BCUT2D eigenvalue weighted by Crippen LogP contribution is 2.25. The number of benzene rings is 2. The topological polar surface area (TPSA) is 42.4 Å². The first kappa shape index (κ1) is 16.5. The molecule has 0 saturated carbocycles. The Morgan fingerprint density at radius 1 is 1.12 bits per heavy atom. The van der Waals surface area contributed by atoms with Gasteiger partial charge >= 0.3 is 0 Å². The van der Waals surface area contributed by atoms with Crippen molar-refractivity contribution in [3.63, 3.8) is 0 Å². The van der Waals surface area contributed by atoms with Crippen molar-refractivity contribution >= 4 is 26.7 Å². The Bertz CT molecular complexity index is 900. The standard InChI is InChI=1S/C20H16BrNO2/c1-14(20(23)9-4-15-3-2-10-22-13-15)24-19-8-6-16-11-18(21)7-5-17(16)12-19/h2-3,5-8,10-14,20,23H,1H3. The maximum absolute atomic E-state index is 10.2. The largest absolute Gasteiger partial charge is 0.487 e. The molecule has 2 aromatic carbocycles. The van der Waals surface area contributed by atoms with E-state index < -0.39 is 12.2 Å². The van der Waals surface area contributed by atoms with Crippen LogP contribution in [0.1, 0.15) is 12.5 Å². The quantitative estimate of drug-likeness (QED) is 0.692. The highest BCUT2D eigenvalue weighted by Gasteiger charge is 2.13. The van der Waals surface area contributed by atoms with Crippen molar-refractivity contribution in [1.29, 1.82) is 0 Å². The molecule has 0 saturated heterocycles. The summed E-state index contributed by atoms with van der Waals surface area (Å²) in [7, 11) is 0. The molecule has 3 nitrogen and oxygen atoms in total. The number of ether oxygens (including phenoxy) is 1. The fourth-order valence-corrected chi connectivity index (χ4v) is 2.64. The monoisotopic (exact) mass is 381 g/mol. The molecule has 3 rings (SSSR count). The Hall–Kier alpha value is -2.35. The molecule has 0 fully saturated rings. The molecule has 0 aliphatic carbocycles. The van der Waals surface area contributed by atoms with Crippen LogP contribution in [0.2, 0.25) is 0 Å². The average Bonchev–Trinajstić information content (AvgIpc) is 2.60. The molecule has 1 heterocycles. The van der Waals surface area contributed by atoms with Crippen molar-refractivity contribution < 1.29 is 9.84 Å². The van der Waals surface area contributed by atoms with Gasteiger partial charge in [-0.2, -0.15) is 0 Å². The SMILES string of the molecule is CC(Oc1ccc2cc(Br)ccc2c1)C(O)C#Cc1cccnc1. The van der Waals surface area contributed by atoms with Gasteiger partial charge < -0.3 is 9.84 Å². The zero-order chi connectivity index (χ0) is 16.9. The molecule has 0 radical (unpaired) electrons. The Balaban J connectivity index is 1.71. The number of pyridine rings is 1. The molecule has 1 N–H and O–H groups in total. The summed E-state index contributed by atoms with van der Waals surface area (Å²) < 4.78 is 6.86. The third kappa shape index (κ3) is 4.14. The van der Waals surface area contributed by atoms with Crippen LogP contribution in [-0.4, -0.2) is 22.3 Å². The molecule has 1 aromatic heterocycles. The van der Waals surface area contributed by atoms with Gasteiger partial charge in [-0.25, -0.2) is 0 Å². The second-order valence-electron chi connectivity index (χ2n) is 5.43. The Labute approximate surface area is 149 Å². The summed E-state index contributed by atoms with van der Waals surface area (Å²) >= 11 is 3.46. The summed E-state index contributed by atoms with van der Waals surface area (Å²) in [5, 5.41) is 12.4. The number of aliphatic hydroxyl groups is 1. The van der Waals surface area contributed by atoms with Gasteiger partial charge in [-0.05, 0) is 54.1 Å². The van der Waals surface area contributed by atoms with Gasteiger partial charge in [0.05, 0.1) is 0 Å². The second kappa shape index (κ2) is 7.48. The minimum Gasteiger partial charge on any atom is -0.487 e. The maximum atomic E-state index is 10.2. The van der Waals surface area contributed by atoms with Crippen LogP contribution in [0.4, 0.5) is 0 Å². The Kier molecular flexibility index (Phi) is 5.14. The van der Waals surface area contributed by atoms with Crippen molar-refractivity contribution in [2.45, 2.75) is 19.1 Å². The summed E-state index contributed by atoms with van der Waals surface area (Å²) in [6, 6.07) is 15.6. The van der Waals surface area contributed by atoms with Gasteiger partial charge in [0.25, 0.3) is 0 Å². The second-order valence-corrected chi connectivity index (χ2v) is 6.35. The zero-order valence-electron chi connectivity index (χ0n) is 13.1. The molecule has 0 aliphatic heterocycles. The normalized spacial score (nSPS) is 13.0. The smallest absolute Gasteiger partial charge is 0.151 e. The summed E-state index contributed by atoms with van der Waals surface area (Å²) in [6.07, 6.45) is 2.02. The van der Waals surface area contributed by atoms with Crippen molar-refractivity contribution in [2.75, 3.05) is 0 Å². The lowest BCUT2D eigenvalue weighted by Gasteiger charge is -2.17. The molecule has 0 amide bonds. The van der Waals surface area contributed by atoms with E-state index >= 15 is 0 Å². The molecular formula is C20H16BrNO2. The van der Waals surface area contributed by atoms with E-state index in [2.05, 4.69) is 38.8 Å². The number of nitrogens with zero attached hydrogens (tertiary/aromatic N) is 1. The number of hydrogen-bond acceptors (Lipinski definition) is 3. The average molecular weight is 382 g/mol. The van der Waals surface area contributed by atoms with E-state index in [-0.39, 0.29) is 0 Å². The highest BCUT2D eigenvalue weighted by molar-refractivity contribution is 9.10. The zero-order valence-corrected chi connectivity index (χ0v) is 14.7. The summed E-state index contributed by atoms with van der Waals surface area (Å²) in [4.78, 5) is 3.99. The molecule has 0 spiro atoms. The van der Waals surface area contributed by atoms with Crippen LogP contribution in [0.3, 0.4) is 0 Å². The molecule has 2 atom stereocenters. The lowest BCUT2D eigenvalue weighted by atomic mass is 10.1. The molecule has 0 bridgehead atoms. The van der Waals surface area contributed by atoms with E-state index in [0.717, 1.165) is 20.8 Å². The number of hydrogen-bond donors (Lipinski definition) is 1. The predicted molar refractivity (Wildman–Crippen MR) is 98.9 cm³/mol. The predicted octanol–water partition coefficient (Wildman–Crippen LogP) is 4.18. The van der Waals surface area contributed by atoms with Crippen molar-refractivity contribution in [1.82, 2.24) is 4.98 Å². The van der Waals surface area contributed by atoms with E-state index in [9.17, 15) is 5.11 Å². The van der Waals surface area contributed by atoms with Gasteiger partial charge in [-0.3, -0.25) is 4.98 Å². The number of rotatable bonds is 3. The Morgan fingerprint density at radius 3 is 2.71 bits per heavy atom. The number of fused-ring (bicyclic) bond motifs is 1. The van der Waals surface area contributed by atoms with Crippen LogP contribution < -0.4 is 4.74 Å². The number of halogens is 1. The van der Waals surface area contributed by atoms with E-state index in [1.165, 1.54) is 0 Å². The van der Waals surface area contributed by atoms with E-state index in [1.807, 2.05) is 42.5 Å². The maximum Gasteiger partial charge on any atom is 0.151 e. The Morgan fingerprint density at radius 2 is 1.92 bits per heavy atom. The fourth-order valence-electron chi connectivity index (χ4n) is 2.26. The lowest BCUT2D eigenvalue weighted by molar-refractivity contribution is 0.0856. The van der Waals surface area contributed by atoms with E-state index in [0.29, 0.717) is 5.75 Å². The first-order chi connectivity index (χ1) is 11.6.